The number of carbonyl (C=O) groups excluding carboxylic acids is 1. The van der Waals surface area contributed by atoms with E-state index in [9.17, 15) is 4.79 Å². The summed E-state index contributed by atoms with van der Waals surface area (Å²) >= 11 is 15.2. The molecule has 0 heterocycles. The van der Waals surface area contributed by atoms with Crippen LogP contribution in [-0.2, 0) is 4.79 Å². The lowest BCUT2D eigenvalue weighted by molar-refractivity contribution is -0.123. The van der Waals surface area contributed by atoms with Crippen LogP contribution >= 0.6 is 39.1 Å². The molecule has 7 heteroatoms. The van der Waals surface area contributed by atoms with Crippen LogP contribution in [0.3, 0.4) is 0 Å². The highest BCUT2D eigenvalue weighted by Gasteiger charge is 2.03. The molecule has 0 radical (unpaired) electrons. The molecular weight excluding hydrogens is 391 g/mol. The van der Waals surface area contributed by atoms with Gasteiger partial charge in [-0.05, 0) is 30.3 Å². The third-order valence-electron chi connectivity index (χ3n) is 2.56. The molecule has 114 valence electrons. The summed E-state index contributed by atoms with van der Waals surface area (Å²) in [6.45, 7) is -0.137. The van der Waals surface area contributed by atoms with Crippen molar-refractivity contribution in [3.63, 3.8) is 0 Å². The van der Waals surface area contributed by atoms with Gasteiger partial charge in [0.15, 0.2) is 6.61 Å². The minimum absolute atomic E-state index is 0.137. The van der Waals surface area contributed by atoms with Crippen molar-refractivity contribution in [3.8, 4) is 5.75 Å². The number of rotatable bonds is 5. The van der Waals surface area contributed by atoms with Gasteiger partial charge in [-0.25, -0.2) is 5.43 Å². The smallest absolute Gasteiger partial charge is 0.277 e. The normalized spacial score (nSPS) is 10.7. The molecule has 1 amide bonds. The number of nitrogens with zero attached hydrogens (tertiary/aromatic N) is 1. The number of carbonyl (C=O) groups is 1. The van der Waals surface area contributed by atoms with Crippen molar-refractivity contribution in [2.24, 2.45) is 5.10 Å². The van der Waals surface area contributed by atoms with Gasteiger partial charge >= 0.3 is 0 Å². The molecule has 4 nitrogen and oxygen atoms in total. The predicted octanol–water partition coefficient (Wildman–Crippen LogP) is 4.29. The zero-order valence-corrected chi connectivity index (χ0v) is 14.3. The van der Waals surface area contributed by atoms with Gasteiger partial charge in [-0.3, -0.25) is 4.79 Å². The summed E-state index contributed by atoms with van der Waals surface area (Å²) in [6, 6.07) is 12.3. The molecule has 0 aliphatic heterocycles. The van der Waals surface area contributed by atoms with Crippen LogP contribution in [0, 0.1) is 0 Å². The highest BCUT2D eigenvalue weighted by Crippen LogP contribution is 2.24. The molecule has 0 aliphatic carbocycles. The molecule has 22 heavy (non-hydrogen) atoms. The van der Waals surface area contributed by atoms with Crippen LogP contribution in [0.15, 0.2) is 52.0 Å². The van der Waals surface area contributed by atoms with Crippen LogP contribution in [0.25, 0.3) is 0 Å². The standard InChI is InChI=1S/C15H11BrCl2N2O2/c16-11-4-6-12(7-5-11)22-9-14(21)20-19-8-10-2-1-3-13(17)15(10)18/h1-8H,9H2,(H,20,21). The number of nitrogens with one attached hydrogen (secondary N) is 1. The Balaban J connectivity index is 1.83. The van der Waals surface area contributed by atoms with E-state index in [1.807, 2.05) is 12.1 Å². The van der Waals surface area contributed by atoms with E-state index in [2.05, 4.69) is 26.5 Å². The lowest BCUT2D eigenvalue weighted by Gasteiger charge is -2.05. The second-order valence-corrected chi connectivity index (χ2v) is 5.88. The second kappa shape index (κ2) is 8.17. The van der Waals surface area contributed by atoms with Gasteiger partial charge in [0.05, 0.1) is 16.3 Å². The Bertz CT molecular complexity index is 690. The summed E-state index contributed by atoms with van der Waals surface area (Å²) in [5, 5.41) is 4.62. The fraction of sp³-hybridized carbons (Fsp3) is 0.0667. The maximum absolute atomic E-state index is 11.6. The number of hydrazone groups is 1. The summed E-state index contributed by atoms with van der Waals surface area (Å²) < 4.78 is 6.25. The molecule has 0 unspecified atom stereocenters. The van der Waals surface area contributed by atoms with Crippen molar-refractivity contribution < 1.29 is 9.53 Å². The van der Waals surface area contributed by atoms with Crippen LogP contribution in [0.4, 0.5) is 0 Å². The fourth-order valence-electron chi connectivity index (χ4n) is 1.51. The Kier molecular flexibility index (Phi) is 6.24. The lowest BCUT2D eigenvalue weighted by Crippen LogP contribution is -2.24. The van der Waals surface area contributed by atoms with Crippen molar-refractivity contribution in [2.75, 3.05) is 6.61 Å². The summed E-state index contributed by atoms with van der Waals surface area (Å²) in [5.41, 5.74) is 2.97. The first kappa shape index (κ1) is 16.8. The van der Waals surface area contributed by atoms with Gasteiger partial charge < -0.3 is 4.74 Å². The molecule has 0 aromatic heterocycles. The number of ether oxygens (including phenoxy) is 1. The molecule has 0 aliphatic rings. The first-order valence-electron chi connectivity index (χ1n) is 6.20. The van der Waals surface area contributed by atoms with E-state index >= 15 is 0 Å². The van der Waals surface area contributed by atoms with E-state index in [1.165, 1.54) is 6.21 Å². The largest absolute Gasteiger partial charge is 0.484 e. The van der Waals surface area contributed by atoms with E-state index in [1.54, 1.807) is 30.3 Å². The Morgan fingerprint density at radius 1 is 1.23 bits per heavy atom. The minimum atomic E-state index is -0.377. The Morgan fingerprint density at radius 2 is 1.95 bits per heavy atom. The number of amides is 1. The minimum Gasteiger partial charge on any atom is -0.484 e. The molecule has 2 aromatic carbocycles. The van der Waals surface area contributed by atoms with Gasteiger partial charge in [0.1, 0.15) is 5.75 Å². The topological polar surface area (TPSA) is 50.7 Å². The highest BCUT2D eigenvalue weighted by atomic mass is 79.9. The van der Waals surface area contributed by atoms with Crippen molar-refractivity contribution in [3.05, 3.63) is 62.5 Å². The van der Waals surface area contributed by atoms with Gasteiger partial charge in [-0.2, -0.15) is 5.10 Å². The zero-order valence-electron chi connectivity index (χ0n) is 11.2. The molecule has 0 spiro atoms. The summed E-state index contributed by atoms with van der Waals surface area (Å²) in [6.07, 6.45) is 1.42. The van der Waals surface area contributed by atoms with E-state index in [4.69, 9.17) is 27.9 Å². The van der Waals surface area contributed by atoms with E-state index in [0.29, 0.717) is 21.4 Å². The molecule has 0 saturated heterocycles. The van der Waals surface area contributed by atoms with Crippen LogP contribution in [0.2, 0.25) is 10.0 Å². The molecule has 0 atom stereocenters. The zero-order chi connectivity index (χ0) is 15.9. The number of halogens is 3. The van der Waals surface area contributed by atoms with E-state index < -0.39 is 0 Å². The first-order chi connectivity index (χ1) is 10.6. The molecule has 0 fully saturated rings. The van der Waals surface area contributed by atoms with Crippen LogP contribution in [-0.4, -0.2) is 18.7 Å². The number of benzene rings is 2. The average molecular weight is 402 g/mol. The molecule has 0 bridgehead atoms. The maximum atomic E-state index is 11.6. The average Bonchev–Trinajstić information content (AvgIpc) is 2.51. The maximum Gasteiger partial charge on any atom is 0.277 e. The molecule has 0 saturated carbocycles. The summed E-state index contributed by atoms with van der Waals surface area (Å²) in [5.74, 6) is 0.220. The Hall–Kier alpha value is -1.56. The van der Waals surface area contributed by atoms with Crippen molar-refractivity contribution in [1.29, 1.82) is 0 Å². The molecular formula is C15H11BrCl2N2O2. The van der Waals surface area contributed by atoms with Crippen molar-refractivity contribution in [1.82, 2.24) is 5.43 Å². The summed E-state index contributed by atoms with van der Waals surface area (Å²) in [4.78, 5) is 11.6. The van der Waals surface area contributed by atoms with Gasteiger partial charge in [0, 0.05) is 10.0 Å². The molecule has 2 rings (SSSR count). The third kappa shape index (κ3) is 5.02. The van der Waals surface area contributed by atoms with Crippen molar-refractivity contribution >= 4 is 51.3 Å². The SMILES string of the molecule is O=C(COc1ccc(Br)cc1)NN=Cc1cccc(Cl)c1Cl. The number of hydrogen-bond acceptors (Lipinski definition) is 3. The Morgan fingerprint density at radius 3 is 2.68 bits per heavy atom. The first-order valence-corrected chi connectivity index (χ1v) is 7.75. The van der Waals surface area contributed by atoms with Crippen LogP contribution in [0.1, 0.15) is 5.56 Å². The van der Waals surface area contributed by atoms with E-state index in [-0.39, 0.29) is 12.5 Å². The fourth-order valence-corrected chi connectivity index (χ4v) is 2.13. The van der Waals surface area contributed by atoms with Crippen LogP contribution in [0.5, 0.6) is 5.75 Å². The number of hydrogen-bond donors (Lipinski definition) is 1. The van der Waals surface area contributed by atoms with E-state index in [0.717, 1.165) is 4.47 Å². The second-order valence-electron chi connectivity index (χ2n) is 4.18. The molecule has 1 N–H and O–H groups in total. The molecule has 2 aromatic rings. The van der Waals surface area contributed by atoms with Gasteiger partial charge in [0.25, 0.3) is 5.91 Å². The van der Waals surface area contributed by atoms with Crippen LogP contribution < -0.4 is 10.2 Å². The quantitative estimate of drug-likeness (QED) is 0.600. The van der Waals surface area contributed by atoms with Gasteiger partial charge in [-0.15, -0.1) is 0 Å². The third-order valence-corrected chi connectivity index (χ3v) is 3.92. The van der Waals surface area contributed by atoms with Gasteiger partial charge in [-0.1, -0.05) is 51.3 Å². The lowest BCUT2D eigenvalue weighted by atomic mass is 10.2. The van der Waals surface area contributed by atoms with Crippen molar-refractivity contribution in [2.45, 2.75) is 0 Å². The highest BCUT2D eigenvalue weighted by molar-refractivity contribution is 9.10. The predicted molar refractivity (Wildman–Crippen MR) is 91.8 cm³/mol. The summed E-state index contributed by atoms with van der Waals surface area (Å²) in [7, 11) is 0. The Labute approximate surface area is 146 Å². The monoisotopic (exact) mass is 400 g/mol. The van der Waals surface area contributed by atoms with Gasteiger partial charge in [0.2, 0.25) is 0 Å².